The zero-order chi connectivity index (χ0) is 29.9. The molecule has 0 atom stereocenters. The Morgan fingerprint density at radius 1 is 0.786 bits per heavy atom. The van der Waals surface area contributed by atoms with Crippen LogP contribution in [0.15, 0.2) is 108 Å². The van der Waals surface area contributed by atoms with Crippen molar-refractivity contribution in [3.8, 4) is 5.75 Å². The Hall–Kier alpha value is -4.82. The lowest BCUT2D eigenvalue weighted by atomic mass is 10.1. The minimum absolute atomic E-state index is 0.0823. The molecule has 3 N–H and O–H groups in total. The van der Waals surface area contributed by atoms with Crippen LogP contribution in [0, 0.1) is 13.8 Å². The third-order valence-corrected chi connectivity index (χ3v) is 7.28. The van der Waals surface area contributed by atoms with Crippen molar-refractivity contribution in [3.05, 3.63) is 125 Å². The number of hydrogen-bond donors (Lipinski definition) is 3. The van der Waals surface area contributed by atoms with E-state index >= 15 is 0 Å². The van der Waals surface area contributed by atoms with Gasteiger partial charge < -0.3 is 20.7 Å². The van der Waals surface area contributed by atoms with Crippen LogP contribution in [0.25, 0.3) is 6.08 Å². The van der Waals surface area contributed by atoms with E-state index in [2.05, 4.69) is 16.0 Å². The molecule has 0 heterocycles. The third-order valence-electron chi connectivity index (χ3n) is 6.28. The molecule has 214 valence electrons. The van der Waals surface area contributed by atoms with Crippen LogP contribution >= 0.6 is 11.8 Å². The molecule has 42 heavy (non-hydrogen) atoms. The van der Waals surface area contributed by atoms with Crippen LogP contribution in [0.2, 0.25) is 0 Å². The van der Waals surface area contributed by atoms with E-state index in [1.54, 1.807) is 60.7 Å². The molecule has 0 saturated carbocycles. The van der Waals surface area contributed by atoms with Gasteiger partial charge in [0.1, 0.15) is 11.4 Å². The van der Waals surface area contributed by atoms with Gasteiger partial charge in [-0.1, -0.05) is 42.5 Å². The summed E-state index contributed by atoms with van der Waals surface area (Å²) in [6.07, 6.45) is 1.61. The quantitative estimate of drug-likeness (QED) is 0.134. The molecule has 3 amide bonds. The minimum atomic E-state index is -0.484. The van der Waals surface area contributed by atoms with Crippen LogP contribution in [-0.2, 0) is 9.59 Å². The van der Waals surface area contributed by atoms with E-state index in [4.69, 9.17) is 4.74 Å². The number of ether oxygens (including phenoxy) is 1. The van der Waals surface area contributed by atoms with Gasteiger partial charge in [0.05, 0.1) is 12.4 Å². The molecule has 7 nitrogen and oxygen atoms in total. The largest absolute Gasteiger partial charge is 0.494 e. The van der Waals surface area contributed by atoms with Crippen molar-refractivity contribution >= 4 is 46.9 Å². The second-order valence-corrected chi connectivity index (χ2v) is 10.5. The maximum Gasteiger partial charge on any atom is 0.272 e. The first-order valence-corrected chi connectivity index (χ1v) is 14.5. The molecule has 0 fully saturated rings. The number of aryl methyl sites for hydroxylation is 2. The number of nitrogens with one attached hydrogen (secondary N) is 3. The molecule has 0 aliphatic rings. The van der Waals surface area contributed by atoms with Crippen LogP contribution in [0.4, 0.5) is 11.4 Å². The average Bonchev–Trinajstić information content (AvgIpc) is 2.99. The summed E-state index contributed by atoms with van der Waals surface area (Å²) < 4.78 is 5.50. The second-order valence-electron chi connectivity index (χ2n) is 9.50. The SMILES string of the molecule is CCOc1ccc(/C=C(/NC(=O)c2ccccc2)C(=O)Nc2cccc(SCC(=O)Nc3ccc(C)c(C)c3)c2)cc1. The molecule has 0 aromatic heterocycles. The summed E-state index contributed by atoms with van der Waals surface area (Å²) >= 11 is 1.36. The molecule has 4 aromatic rings. The molecule has 0 aliphatic carbocycles. The number of carbonyl (C=O) groups excluding carboxylic acids is 3. The number of rotatable bonds is 11. The van der Waals surface area contributed by atoms with E-state index in [-0.39, 0.29) is 17.4 Å². The highest BCUT2D eigenvalue weighted by atomic mass is 32.2. The molecule has 0 radical (unpaired) electrons. The second kappa shape index (κ2) is 14.7. The fourth-order valence-corrected chi connectivity index (χ4v) is 4.72. The molecule has 0 unspecified atom stereocenters. The summed E-state index contributed by atoms with van der Waals surface area (Å²) in [5.41, 5.74) is 4.80. The Morgan fingerprint density at radius 3 is 2.24 bits per heavy atom. The Morgan fingerprint density at radius 2 is 1.52 bits per heavy atom. The molecular formula is C34H33N3O4S. The summed E-state index contributed by atoms with van der Waals surface area (Å²) in [6, 6.07) is 29.0. The van der Waals surface area contributed by atoms with E-state index in [9.17, 15) is 14.4 Å². The Balaban J connectivity index is 1.45. The predicted octanol–water partition coefficient (Wildman–Crippen LogP) is 6.84. The van der Waals surface area contributed by atoms with E-state index in [1.807, 2.05) is 63.2 Å². The molecule has 4 aromatic carbocycles. The van der Waals surface area contributed by atoms with Crippen molar-refractivity contribution in [1.29, 1.82) is 0 Å². The molecule has 8 heteroatoms. The number of benzene rings is 4. The lowest BCUT2D eigenvalue weighted by molar-refractivity contribution is -0.114. The van der Waals surface area contributed by atoms with Gasteiger partial charge in [-0.05, 0) is 98.1 Å². The fraction of sp³-hybridized carbons (Fsp3) is 0.147. The molecule has 0 saturated heterocycles. The number of carbonyl (C=O) groups is 3. The van der Waals surface area contributed by atoms with Gasteiger partial charge in [-0.15, -0.1) is 11.8 Å². The lowest BCUT2D eigenvalue weighted by Crippen LogP contribution is -2.30. The maximum absolute atomic E-state index is 13.4. The van der Waals surface area contributed by atoms with Crippen molar-refractivity contribution in [2.24, 2.45) is 0 Å². The Kier molecular flexibility index (Phi) is 10.6. The number of hydrogen-bond acceptors (Lipinski definition) is 5. The molecule has 0 aliphatic heterocycles. The minimum Gasteiger partial charge on any atom is -0.494 e. The van der Waals surface area contributed by atoms with E-state index in [1.165, 1.54) is 17.3 Å². The van der Waals surface area contributed by atoms with Gasteiger partial charge in [0.15, 0.2) is 0 Å². The van der Waals surface area contributed by atoms with E-state index in [0.29, 0.717) is 23.6 Å². The molecule has 0 spiro atoms. The topological polar surface area (TPSA) is 96.5 Å². The zero-order valence-electron chi connectivity index (χ0n) is 23.8. The van der Waals surface area contributed by atoms with Gasteiger partial charge in [-0.25, -0.2) is 0 Å². The first-order chi connectivity index (χ1) is 20.3. The summed E-state index contributed by atoms with van der Waals surface area (Å²) in [6.45, 7) is 6.48. The van der Waals surface area contributed by atoms with Crippen molar-refractivity contribution in [3.63, 3.8) is 0 Å². The van der Waals surface area contributed by atoms with Gasteiger partial charge in [-0.3, -0.25) is 14.4 Å². The van der Waals surface area contributed by atoms with Crippen LogP contribution in [0.1, 0.15) is 34.0 Å². The summed E-state index contributed by atoms with van der Waals surface area (Å²) in [4.78, 5) is 39.7. The molecular weight excluding hydrogens is 546 g/mol. The van der Waals surface area contributed by atoms with Crippen LogP contribution < -0.4 is 20.7 Å². The van der Waals surface area contributed by atoms with Crippen LogP contribution in [0.5, 0.6) is 5.75 Å². The Bertz CT molecular complexity index is 1580. The van der Waals surface area contributed by atoms with Crippen molar-refractivity contribution in [2.75, 3.05) is 23.0 Å². The highest BCUT2D eigenvalue weighted by molar-refractivity contribution is 8.00. The standard InChI is InChI=1S/C34H33N3O4S/c1-4-41-29-17-14-25(15-18-29)20-31(37-33(39)26-9-6-5-7-10-26)34(40)36-27-11-8-12-30(21-27)42-22-32(38)35-28-16-13-23(2)24(3)19-28/h5-21H,4,22H2,1-3H3,(H,35,38)(H,36,40)(H,37,39)/b31-20+. The summed E-state index contributed by atoms with van der Waals surface area (Å²) in [7, 11) is 0. The van der Waals surface area contributed by atoms with Crippen molar-refractivity contribution in [2.45, 2.75) is 25.7 Å². The summed E-state index contributed by atoms with van der Waals surface area (Å²) in [5.74, 6) is -0.0851. The zero-order valence-corrected chi connectivity index (χ0v) is 24.6. The van der Waals surface area contributed by atoms with Gasteiger partial charge in [0.2, 0.25) is 5.91 Å². The van der Waals surface area contributed by atoms with Gasteiger partial charge in [-0.2, -0.15) is 0 Å². The number of anilines is 2. The lowest BCUT2D eigenvalue weighted by Gasteiger charge is -2.12. The molecule has 4 rings (SSSR count). The normalized spacial score (nSPS) is 11.0. The number of thioether (sulfide) groups is 1. The van der Waals surface area contributed by atoms with Crippen LogP contribution in [-0.4, -0.2) is 30.1 Å². The van der Waals surface area contributed by atoms with E-state index in [0.717, 1.165) is 21.7 Å². The summed E-state index contributed by atoms with van der Waals surface area (Å²) in [5, 5.41) is 8.54. The highest BCUT2D eigenvalue weighted by Gasteiger charge is 2.16. The fourth-order valence-electron chi connectivity index (χ4n) is 3.96. The Labute approximate surface area is 250 Å². The van der Waals surface area contributed by atoms with Gasteiger partial charge in [0.25, 0.3) is 11.8 Å². The van der Waals surface area contributed by atoms with Crippen molar-refractivity contribution < 1.29 is 19.1 Å². The third kappa shape index (κ3) is 8.84. The van der Waals surface area contributed by atoms with Gasteiger partial charge in [0, 0.05) is 21.8 Å². The average molecular weight is 580 g/mol. The first kappa shape index (κ1) is 30.1. The monoisotopic (exact) mass is 579 g/mol. The van der Waals surface area contributed by atoms with Gasteiger partial charge >= 0.3 is 0 Å². The van der Waals surface area contributed by atoms with Crippen molar-refractivity contribution in [1.82, 2.24) is 5.32 Å². The predicted molar refractivity (Wildman–Crippen MR) is 170 cm³/mol. The van der Waals surface area contributed by atoms with E-state index < -0.39 is 11.8 Å². The number of amides is 3. The highest BCUT2D eigenvalue weighted by Crippen LogP contribution is 2.23. The first-order valence-electron chi connectivity index (χ1n) is 13.5. The van der Waals surface area contributed by atoms with Crippen LogP contribution in [0.3, 0.4) is 0 Å². The molecule has 0 bridgehead atoms. The maximum atomic E-state index is 13.4. The smallest absolute Gasteiger partial charge is 0.272 e.